The Balaban J connectivity index is 1.76. The molecule has 0 nitrogen and oxygen atoms in total. The van der Waals surface area contributed by atoms with Gasteiger partial charge in [-0.1, -0.05) is 115 Å². The van der Waals surface area contributed by atoms with Gasteiger partial charge in [0.1, 0.15) is 0 Å². The Labute approximate surface area is 161 Å². The average molecular weight is 346 g/mol. The van der Waals surface area contributed by atoms with E-state index in [1.54, 1.807) is 0 Å². The quantitative estimate of drug-likeness (QED) is 0.341. The van der Waals surface area contributed by atoms with E-state index in [0.29, 0.717) is 0 Å². The molecule has 0 bridgehead atoms. The summed E-state index contributed by atoms with van der Waals surface area (Å²) in [7, 11) is 0. The number of benzene rings is 4. The summed E-state index contributed by atoms with van der Waals surface area (Å²) in [4.78, 5) is 0. The Morgan fingerprint density at radius 2 is 1.04 bits per heavy atom. The minimum atomic E-state index is 1.21. The SMILES string of the molecule is Cc1ccc(/C=C(\c2ccccc2)c2ccc(-c3ccccc3)cc2)cc1. The summed E-state index contributed by atoms with van der Waals surface area (Å²) in [5, 5.41) is 0. The highest BCUT2D eigenvalue weighted by Crippen LogP contribution is 2.28. The van der Waals surface area contributed by atoms with E-state index in [0.717, 1.165) is 0 Å². The number of aryl methyl sites for hydroxylation is 1. The second kappa shape index (κ2) is 7.88. The van der Waals surface area contributed by atoms with Crippen LogP contribution >= 0.6 is 0 Å². The highest BCUT2D eigenvalue weighted by atomic mass is 14.1. The molecule has 0 aliphatic carbocycles. The summed E-state index contributed by atoms with van der Waals surface area (Å²) in [6, 6.07) is 38.6. The largest absolute Gasteiger partial charge is 0.0622 e. The third kappa shape index (κ3) is 4.07. The molecule has 0 amide bonds. The van der Waals surface area contributed by atoms with Crippen LogP contribution in [0.15, 0.2) is 109 Å². The highest BCUT2D eigenvalue weighted by molar-refractivity contribution is 5.91. The van der Waals surface area contributed by atoms with E-state index in [1.807, 2.05) is 0 Å². The van der Waals surface area contributed by atoms with Crippen LogP contribution in [0.3, 0.4) is 0 Å². The molecule has 4 aromatic rings. The summed E-state index contributed by atoms with van der Waals surface area (Å²) in [5.41, 5.74) is 8.66. The summed E-state index contributed by atoms with van der Waals surface area (Å²) in [5.74, 6) is 0. The molecule has 0 saturated carbocycles. The first-order chi connectivity index (χ1) is 13.3. The minimum Gasteiger partial charge on any atom is -0.0622 e. The lowest BCUT2D eigenvalue weighted by atomic mass is 9.94. The topological polar surface area (TPSA) is 0 Å². The normalized spacial score (nSPS) is 11.4. The van der Waals surface area contributed by atoms with Crippen LogP contribution in [0.5, 0.6) is 0 Å². The summed E-state index contributed by atoms with van der Waals surface area (Å²) in [6.07, 6.45) is 2.27. The van der Waals surface area contributed by atoms with Crippen molar-refractivity contribution in [2.45, 2.75) is 6.92 Å². The maximum absolute atomic E-state index is 2.27. The van der Waals surface area contributed by atoms with Crippen LogP contribution in [0.25, 0.3) is 22.8 Å². The van der Waals surface area contributed by atoms with Crippen molar-refractivity contribution in [3.8, 4) is 11.1 Å². The van der Waals surface area contributed by atoms with E-state index < -0.39 is 0 Å². The molecule has 0 spiro atoms. The fraction of sp³-hybridized carbons (Fsp3) is 0.0370. The number of rotatable bonds is 4. The van der Waals surface area contributed by atoms with E-state index in [-0.39, 0.29) is 0 Å². The van der Waals surface area contributed by atoms with Crippen molar-refractivity contribution in [3.05, 3.63) is 131 Å². The molecule has 0 fully saturated rings. The molecule has 0 saturated heterocycles. The van der Waals surface area contributed by atoms with Crippen molar-refractivity contribution in [3.63, 3.8) is 0 Å². The lowest BCUT2D eigenvalue weighted by molar-refractivity contribution is 1.46. The Morgan fingerprint density at radius 1 is 0.519 bits per heavy atom. The molecule has 130 valence electrons. The molecule has 0 heterocycles. The van der Waals surface area contributed by atoms with Gasteiger partial charge in [-0.25, -0.2) is 0 Å². The lowest BCUT2D eigenvalue weighted by Gasteiger charge is -2.11. The fourth-order valence-corrected chi connectivity index (χ4v) is 3.25. The Bertz CT molecular complexity index is 1020. The van der Waals surface area contributed by atoms with Gasteiger partial charge in [0.25, 0.3) is 0 Å². The second-order valence-electron chi connectivity index (χ2n) is 6.78. The Morgan fingerprint density at radius 3 is 1.67 bits per heavy atom. The molecule has 27 heavy (non-hydrogen) atoms. The van der Waals surface area contributed by atoms with Crippen molar-refractivity contribution in [2.75, 3.05) is 0 Å². The van der Waals surface area contributed by atoms with Gasteiger partial charge in [0.15, 0.2) is 0 Å². The predicted octanol–water partition coefficient (Wildman–Crippen LogP) is 7.25. The first kappa shape index (κ1) is 17.1. The van der Waals surface area contributed by atoms with Crippen LogP contribution in [-0.4, -0.2) is 0 Å². The van der Waals surface area contributed by atoms with Gasteiger partial charge in [-0.2, -0.15) is 0 Å². The molecule has 0 aromatic heterocycles. The summed E-state index contributed by atoms with van der Waals surface area (Å²) in [6.45, 7) is 2.12. The average Bonchev–Trinajstić information content (AvgIpc) is 2.75. The van der Waals surface area contributed by atoms with Crippen molar-refractivity contribution >= 4 is 11.6 Å². The first-order valence-electron chi connectivity index (χ1n) is 9.29. The van der Waals surface area contributed by atoms with Gasteiger partial charge in [-0.15, -0.1) is 0 Å². The van der Waals surface area contributed by atoms with Gasteiger partial charge in [0.05, 0.1) is 0 Å². The number of hydrogen-bond acceptors (Lipinski definition) is 0. The second-order valence-corrected chi connectivity index (χ2v) is 6.78. The molecule has 0 radical (unpaired) electrons. The third-order valence-corrected chi connectivity index (χ3v) is 4.78. The van der Waals surface area contributed by atoms with Crippen LogP contribution < -0.4 is 0 Å². The smallest absolute Gasteiger partial charge is 0.0105 e. The lowest BCUT2D eigenvalue weighted by Crippen LogP contribution is -1.89. The van der Waals surface area contributed by atoms with Crippen molar-refractivity contribution < 1.29 is 0 Å². The molecule has 0 N–H and O–H groups in total. The summed E-state index contributed by atoms with van der Waals surface area (Å²) >= 11 is 0. The predicted molar refractivity (Wildman–Crippen MR) is 116 cm³/mol. The molecule has 0 unspecified atom stereocenters. The van der Waals surface area contributed by atoms with E-state index in [1.165, 1.54) is 39.0 Å². The van der Waals surface area contributed by atoms with Crippen LogP contribution in [-0.2, 0) is 0 Å². The highest BCUT2D eigenvalue weighted by Gasteiger charge is 2.06. The zero-order valence-electron chi connectivity index (χ0n) is 15.5. The third-order valence-electron chi connectivity index (χ3n) is 4.78. The fourth-order valence-electron chi connectivity index (χ4n) is 3.25. The standard InChI is InChI=1S/C27H22/c1-21-12-14-22(15-13-21)20-27(25-10-6-3-7-11-25)26-18-16-24(17-19-26)23-8-4-2-5-9-23/h2-20H,1H3/b27-20+. The van der Waals surface area contributed by atoms with Gasteiger partial charge >= 0.3 is 0 Å². The monoisotopic (exact) mass is 346 g/mol. The van der Waals surface area contributed by atoms with E-state index >= 15 is 0 Å². The van der Waals surface area contributed by atoms with Crippen molar-refractivity contribution in [1.29, 1.82) is 0 Å². The van der Waals surface area contributed by atoms with Crippen LogP contribution in [0, 0.1) is 6.92 Å². The van der Waals surface area contributed by atoms with Gasteiger partial charge in [-0.3, -0.25) is 0 Å². The van der Waals surface area contributed by atoms with Crippen molar-refractivity contribution in [2.24, 2.45) is 0 Å². The van der Waals surface area contributed by atoms with E-state index in [4.69, 9.17) is 0 Å². The molecule has 0 aliphatic rings. The zero-order chi connectivity index (χ0) is 18.5. The minimum absolute atomic E-state index is 1.21. The molecule has 0 heteroatoms. The van der Waals surface area contributed by atoms with Gasteiger partial charge in [-0.05, 0) is 46.4 Å². The van der Waals surface area contributed by atoms with Gasteiger partial charge in [0, 0.05) is 0 Å². The molecular formula is C27H22. The van der Waals surface area contributed by atoms with Crippen molar-refractivity contribution in [1.82, 2.24) is 0 Å². The molecular weight excluding hydrogens is 324 g/mol. The van der Waals surface area contributed by atoms with Gasteiger partial charge in [0.2, 0.25) is 0 Å². The maximum atomic E-state index is 2.27. The summed E-state index contributed by atoms with van der Waals surface area (Å²) < 4.78 is 0. The van der Waals surface area contributed by atoms with E-state index in [9.17, 15) is 0 Å². The molecule has 0 atom stereocenters. The molecule has 4 aromatic carbocycles. The number of hydrogen-bond donors (Lipinski definition) is 0. The van der Waals surface area contributed by atoms with E-state index in [2.05, 4.69) is 122 Å². The maximum Gasteiger partial charge on any atom is -0.0105 e. The van der Waals surface area contributed by atoms with Gasteiger partial charge < -0.3 is 0 Å². The Kier molecular flexibility index (Phi) is 4.98. The van der Waals surface area contributed by atoms with Crippen LogP contribution in [0.2, 0.25) is 0 Å². The molecule has 4 rings (SSSR count). The Hall–Kier alpha value is -3.38. The zero-order valence-corrected chi connectivity index (χ0v) is 15.5. The first-order valence-corrected chi connectivity index (χ1v) is 9.29. The molecule has 0 aliphatic heterocycles. The van der Waals surface area contributed by atoms with Crippen LogP contribution in [0.1, 0.15) is 22.3 Å². The van der Waals surface area contributed by atoms with Crippen LogP contribution in [0.4, 0.5) is 0 Å².